The van der Waals surface area contributed by atoms with Gasteiger partial charge in [0, 0.05) is 24.4 Å². The normalized spacial score (nSPS) is 17.8. The number of pyridine rings is 1. The topological polar surface area (TPSA) is 34.1 Å². The number of likely N-dealkylation sites (N-methyl/N-ethyl adjacent to an activating group) is 1. The number of fused-ring (bicyclic) bond motifs is 1. The summed E-state index contributed by atoms with van der Waals surface area (Å²) in [5.74, 6) is 0.437. The van der Waals surface area contributed by atoms with E-state index in [1.165, 1.54) is 22.3 Å². The Morgan fingerprint density at radius 3 is 3.05 bits per heavy atom. The van der Waals surface area contributed by atoms with Crippen LogP contribution in [0, 0.1) is 6.92 Å². The minimum absolute atomic E-state index is 0.437. The molecule has 104 valence electrons. The van der Waals surface area contributed by atoms with Gasteiger partial charge in [0.1, 0.15) is 0 Å². The van der Waals surface area contributed by atoms with E-state index in [2.05, 4.69) is 40.6 Å². The molecule has 0 amide bonds. The van der Waals surface area contributed by atoms with E-state index in [9.17, 15) is 0 Å². The largest absolute Gasteiger partial charge is 0.376 e. The van der Waals surface area contributed by atoms with Gasteiger partial charge in [0.2, 0.25) is 0 Å². The molecule has 0 aliphatic carbocycles. The van der Waals surface area contributed by atoms with Crippen molar-refractivity contribution in [2.45, 2.75) is 19.4 Å². The van der Waals surface area contributed by atoms with E-state index >= 15 is 0 Å². The zero-order valence-corrected chi connectivity index (χ0v) is 12.0. The number of aromatic nitrogens is 1. The van der Waals surface area contributed by atoms with Crippen LogP contribution in [-0.4, -0.2) is 25.2 Å². The highest BCUT2D eigenvalue weighted by molar-refractivity contribution is 5.69. The van der Waals surface area contributed by atoms with Crippen molar-refractivity contribution in [1.29, 1.82) is 0 Å². The lowest BCUT2D eigenvalue weighted by Gasteiger charge is -2.27. The predicted molar refractivity (Wildman–Crippen MR) is 80.7 cm³/mol. The van der Waals surface area contributed by atoms with Gasteiger partial charge >= 0.3 is 0 Å². The van der Waals surface area contributed by atoms with Gasteiger partial charge in [-0.2, -0.15) is 0 Å². The summed E-state index contributed by atoms with van der Waals surface area (Å²) in [5, 5.41) is 3.26. The zero-order valence-electron chi connectivity index (χ0n) is 12.0. The molecule has 1 aromatic carbocycles. The number of ether oxygens (including phenoxy) is 1. The Balaban J connectivity index is 2.07. The smallest absolute Gasteiger partial charge is 0.0725 e. The predicted octanol–water partition coefficient (Wildman–Crippen LogP) is 2.89. The van der Waals surface area contributed by atoms with Crippen LogP contribution in [0.3, 0.4) is 0 Å². The van der Waals surface area contributed by atoms with Gasteiger partial charge in [-0.15, -0.1) is 0 Å². The number of rotatable bonds is 3. The monoisotopic (exact) mass is 268 g/mol. The maximum atomic E-state index is 5.80. The van der Waals surface area contributed by atoms with Gasteiger partial charge in [-0.1, -0.05) is 18.2 Å². The molecule has 3 heteroatoms. The number of nitrogens with one attached hydrogen (secondary N) is 1. The second kappa shape index (κ2) is 5.73. The van der Waals surface area contributed by atoms with Gasteiger partial charge < -0.3 is 10.1 Å². The first-order valence-electron chi connectivity index (χ1n) is 7.06. The summed E-state index contributed by atoms with van der Waals surface area (Å²) in [7, 11) is 1.99. The molecule has 0 spiro atoms. The maximum Gasteiger partial charge on any atom is 0.0725 e. The number of aryl methyl sites for hydroxylation is 1. The molecule has 1 aromatic heterocycles. The van der Waals surface area contributed by atoms with Crippen molar-refractivity contribution < 1.29 is 4.74 Å². The van der Waals surface area contributed by atoms with Crippen LogP contribution < -0.4 is 5.32 Å². The van der Waals surface area contributed by atoms with Crippen molar-refractivity contribution in [3.05, 3.63) is 53.3 Å². The van der Waals surface area contributed by atoms with Crippen molar-refractivity contribution in [3.63, 3.8) is 0 Å². The molecule has 1 aliphatic rings. The maximum absolute atomic E-state index is 5.80. The third kappa shape index (κ3) is 2.47. The molecule has 1 aliphatic heterocycles. The molecular weight excluding hydrogens is 248 g/mol. The average molecular weight is 268 g/mol. The number of hydrogen-bond acceptors (Lipinski definition) is 3. The van der Waals surface area contributed by atoms with Crippen LogP contribution in [0.4, 0.5) is 0 Å². The van der Waals surface area contributed by atoms with Gasteiger partial charge in [0.05, 0.1) is 13.2 Å². The van der Waals surface area contributed by atoms with Gasteiger partial charge in [-0.05, 0) is 48.4 Å². The number of benzene rings is 1. The molecule has 3 nitrogen and oxygen atoms in total. The summed E-state index contributed by atoms with van der Waals surface area (Å²) in [5.41, 5.74) is 6.28. The molecule has 0 bridgehead atoms. The summed E-state index contributed by atoms with van der Waals surface area (Å²) >= 11 is 0. The minimum Gasteiger partial charge on any atom is -0.376 e. The highest BCUT2D eigenvalue weighted by Crippen LogP contribution is 2.34. The molecule has 2 heterocycles. The van der Waals surface area contributed by atoms with Crippen molar-refractivity contribution in [1.82, 2.24) is 10.3 Å². The Hall–Kier alpha value is -1.71. The Bertz CT molecular complexity index is 610. The minimum atomic E-state index is 0.437. The molecule has 0 unspecified atom stereocenters. The van der Waals surface area contributed by atoms with E-state index in [0.29, 0.717) is 12.5 Å². The first kappa shape index (κ1) is 13.3. The fourth-order valence-electron chi connectivity index (χ4n) is 2.94. The van der Waals surface area contributed by atoms with Gasteiger partial charge in [0.25, 0.3) is 0 Å². The lowest BCUT2D eigenvalue weighted by atomic mass is 9.87. The Morgan fingerprint density at radius 2 is 2.25 bits per heavy atom. The molecule has 0 radical (unpaired) electrons. The van der Waals surface area contributed by atoms with Crippen molar-refractivity contribution >= 4 is 0 Å². The third-order valence-corrected chi connectivity index (χ3v) is 3.88. The Labute approximate surface area is 120 Å². The number of nitrogens with zero attached hydrogens (tertiary/aromatic N) is 1. The zero-order chi connectivity index (χ0) is 13.9. The van der Waals surface area contributed by atoms with E-state index in [1.54, 1.807) is 0 Å². The molecule has 20 heavy (non-hydrogen) atoms. The summed E-state index contributed by atoms with van der Waals surface area (Å²) in [6, 6.07) is 10.8. The molecular formula is C17H20N2O. The van der Waals surface area contributed by atoms with Crippen molar-refractivity contribution in [2.75, 3.05) is 20.2 Å². The summed E-state index contributed by atoms with van der Waals surface area (Å²) < 4.78 is 5.80. The SMILES string of the molecule is CNC[C@H]1COCc2c(-c3ccnc(C)c3)cccc21. The molecule has 0 saturated heterocycles. The second-order valence-electron chi connectivity index (χ2n) is 5.33. The first-order valence-corrected chi connectivity index (χ1v) is 7.06. The highest BCUT2D eigenvalue weighted by atomic mass is 16.5. The second-order valence-corrected chi connectivity index (χ2v) is 5.33. The summed E-state index contributed by atoms with van der Waals surface area (Å²) in [6.45, 7) is 4.48. The van der Waals surface area contributed by atoms with Crippen LogP contribution in [0.15, 0.2) is 36.5 Å². The lowest BCUT2D eigenvalue weighted by molar-refractivity contribution is 0.0915. The Morgan fingerprint density at radius 1 is 1.35 bits per heavy atom. The number of hydrogen-bond donors (Lipinski definition) is 1. The fraction of sp³-hybridized carbons (Fsp3) is 0.353. The van der Waals surface area contributed by atoms with Crippen LogP contribution in [0.2, 0.25) is 0 Å². The molecule has 0 fully saturated rings. The highest BCUT2D eigenvalue weighted by Gasteiger charge is 2.22. The van der Waals surface area contributed by atoms with Crippen LogP contribution in [-0.2, 0) is 11.3 Å². The van der Waals surface area contributed by atoms with E-state index < -0.39 is 0 Å². The van der Waals surface area contributed by atoms with Crippen LogP contribution in [0.25, 0.3) is 11.1 Å². The molecule has 2 aromatic rings. The first-order chi connectivity index (χ1) is 9.79. The van der Waals surface area contributed by atoms with Gasteiger partial charge in [-0.3, -0.25) is 4.98 Å². The van der Waals surface area contributed by atoms with Crippen molar-refractivity contribution in [2.24, 2.45) is 0 Å². The van der Waals surface area contributed by atoms with Gasteiger partial charge in [-0.25, -0.2) is 0 Å². The van der Waals surface area contributed by atoms with Crippen LogP contribution >= 0.6 is 0 Å². The quantitative estimate of drug-likeness (QED) is 0.929. The van der Waals surface area contributed by atoms with Crippen molar-refractivity contribution in [3.8, 4) is 11.1 Å². The molecule has 3 rings (SSSR count). The van der Waals surface area contributed by atoms with E-state index in [-0.39, 0.29) is 0 Å². The fourth-order valence-corrected chi connectivity index (χ4v) is 2.94. The lowest BCUT2D eigenvalue weighted by Crippen LogP contribution is -2.26. The Kier molecular flexibility index (Phi) is 3.81. The molecule has 1 atom stereocenters. The van der Waals surface area contributed by atoms with E-state index in [4.69, 9.17) is 4.74 Å². The molecule has 1 N–H and O–H groups in total. The van der Waals surface area contributed by atoms with Crippen LogP contribution in [0.1, 0.15) is 22.7 Å². The summed E-state index contributed by atoms with van der Waals surface area (Å²) in [4.78, 5) is 4.28. The summed E-state index contributed by atoms with van der Waals surface area (Å²) in [6.07, 6.45) is 1.87. The van der Waals surface area contributed by atoms with E-state index in [1.807, 2.05) is 20.2 Å². The average Bonchev–Trinajstić information content (AvgIpc) is 2.47. The molecule has 0 saturated carbocycles. The van der Waals surface area contributed by atoms with Gasteiger partial charge in [0.15, 0.2) is 0 Å². The van der Waals surface area contributed by atoms with E-state index in [0.717, 1.165) is 18.8 Å². The standard InChI is InChI=1S/C17H20N2O/c1-12-8-13(6-7-19-12)15-4-3-5-16-14(9-18-2)10-20-11-17(15)16/h3-8,14,18H,9-11H2,1-2H3/t14-/m0/s1. The third-order valence-electron chi connectivity index (χ3n) is 3.88. The van der Waals surface area contributed by atoms with Crippen LogP contribution in [0.5, 0.6) is 0 Å².